The molecule has 152 valence electrons. The molecule has 0 bridgehead atoms. The number of hydrogen-bond acceptors (Lipinski definition) is 5. The van der Waals surface area contributed by atoms with Gasteiger partial charge in [0.25, 0.3) is 5.91 Å². The van der Waals surface area contributed by atoms with E-state index in [0.717, 1.165) is 27.8 Å². The summed E-state index contributed by atoms with van der Waals surface area (Å²) in [5, 5.41) is 10.5. The Bertz CT molecular complexity index is 1180. The van der Waals surface area contributed by atoms with Crippen molar-refractivity contribution in [3.63, 3.8) is 0 Å². The summed E-state index contributed by atoms with van der Waals surface area (Å²) in [5.41, 5.74) is 4.92. The van der Waals surface area contributed by atoms with Gasteiger partial charge in [-0.2, -0.15) is 5.10 Å². The fourth-order valence-electron chi connectivity index (χ4n) is 3.17. The number of carbonyl (C=O) groups excluding carboxylic acids is 1. The topological polar surface area (TPSA) is 69.0 Å². The Morgan fingerprint density at radius 3 is 2.53 bits per heavy atom. The van der Waals surface area contributed by atoms with Crippen LogP contribution in [0.15, 0.2) is 60.0 Å². The van der Waals surface area contributed by atoms with Crippen molar-refractivity contribution in [3.8, 4) is 11.4 Å². The lowest BCUT2D eigenvalue weighted by Crippen LogP contribution is -2.14. The summed E-state index contributed by atoms with van der Waals surface area (Å²) >= 11 is 1.60. The number of aryl methyl sites for hydroxylation is 3. The van der Waals surface area contributed by atoms with Gasteiger partial charge in [0, 0.05) is 16.6 Å². The smallest absolute Gasteiger partial charge is 0.255 e. The van der Waals surface area contributed by atoms with Gasteiger partial charge < -0.3 is 10.1 Å². The van der Waals surface area contributed by atoms with Crippen LogP contribution in [0.4, 0.5) is 5.69 Å². The summed E-state index contributed by atoms with van der Waals surface area (Å²) in [4.78, 5) is 17.2. The van der Waals surface area contributed by atoms with Gasteiger partial charge in [0.1, 0.15) is 12.4 Å². The molecule has 0 unspecified atom stereocenters. The number of para-hydroxylation sites is 2. The highest BCUT2D eigenvalue weighted by atomic mass is 32.1. The van der Waals surface area contributed by atoms with Crippen LogP contribution in [0.2, 0.25) is 0 Å². The Labute approximate surface area is 179 Å². The number of hydrogen-bond donors (Lipinski definition) is 1. The fraction of sp³-hybridized carbons (Fsp3) is 0.174. The number of rotatable bonds is 6. The molecule has 30 heavy (non-hydrogen) atoms. The summed E-state index contributed by atoms with van der Waals surface area (Å²) in [7, 11) is 0. The van der Waals surface area contributed by atoms with E-state index in [9.17, 15) is 4.79 Å². The molecule has 0 saturated carbocycles. The van der Waals surface area contributed by atoms with Crippen LogP contribution < -0.4 is 10.1 Å². The predicted molar refractivity (Wildman–Crippen MR) is 119 cm³/mol. The molecule has 6 nitrogen and oxygen atoms in total. The van der Waals surface area contributed by atoms with Crippen LogP contribution in [0.5, 0.6) is 5.75 Å². The van der Waals surface area contributed by atoms with Crippen molar-refractivity contribution >= 4 is 22.9 Å². The number of benzene rings is 2. The second kappa shape index (κ2) is 8.51. The maximum absolute atomic E-state index is 12.8. The van der Waals surface area contributed by atoms with Crippen molar-refractivity contribution in [3.05, 3.63) is 87.6 Å². The van der Waals surface area contributed by atoms with Crippen LogP contribution in [-0.4, -0.2) is 20.7 Å². The summed E-state index contributed by atoms with van der Waals surface area (Å²) in [6.07, 6.45) is 0. The highest BCUT2D eigenvalue weighted by Crippen LogP contribution is 2.23. The molecule has 4 aromatic rings. The van der Waals surface area contributed by atoms with Gasteiger partial charge >= 0.3 is 0 Å². The number of nitrogens with one attached hydrogen (secondary N) is 1. The van der Waals surface area contributed by atoms with Gasteiger partial charge in [-0.15, -0.1) is 11.3 Å². The highest BCUT2D eigenvalue weighted by Gasteiger charge is 2.12. The molecule has 4 rings (SSSR count). The molecular formula is C23H22N4O2S. The fourth-order valence-corrected chi connectivity index (χ4v) is 3.76. The summed E-state index contributed by atoms with van der Waals surface area (Å²) in [6.45, 7) is 6.31. The molecule has 7 heteroatoms. The molecule has 0 aliphatic rings. The van der Waals surface area contributed by atoms with E-state index in [1.165, 1.54) is 0 Å². The molecule has 2 aromatic carbocycles. The number of aromatic nitrogens is 3. The lowest BCUT2D eigenvalue weighted by molar-refractivity contribution is 0.102. The molecule has 0 aliphatic carbocycles. The number of amides is 1. The molecule has 0 aliphatic heterocycles. The van der Waals surface area contributed by atoms with Gasteiger partial charge in [-0.1, -0.05) is 12.1 Å². The number of ether oxygens (including phenoxy) is 1. The molecule has 0 saturated heterocycles. The van der Waals surface area contributed by atoms with E-state index < -0.39 is 0 Å². The summed E-state index contributed by atoms with van der Waals surface area (Å²) < 4.78 is 7.59. The molecular weight excluding hydrogens is 396 g/mol. The second-order valence-electron chi connectivity index (χ2n) is 6.98. The molecule has 1 amide bonds. The Balaban J connectivity index is 1.46. The van der Waals surface area contributed by atoms with Crippen molar-refractivity contribution in [1.82, 2.24) is 14.8 Å². The van der Waals surface area contributed by atoms with Gasteiger partial charge in [0.15, 0.2) is 0 Å². The Morgan fingerprint density at radius 2 is 1.87 bits per heavy atom. The molecule has 1 N–H and O–H groups in total. The van der Waals surface area contributed by atoms with Crippen molar-refractivity contribution in [2.45, 2.75) is 27.4 Å². The Hall–Kier alpha value is -3.45. The Kier molecular flexibility index (Phi) is 5.63. The van der Waals surface area contributed by atoms with E-state index in [1.54, 1.807) is 35.6 Å². The summed E-state index contributed by atoms with van der Waals surface area (Å²) in [5.74, 6) is 0.505. The van der Waals surface area contributed by atoms with Crippen LogP contribution in [0.1, 0.15) is 32.4 Å². The van der Waals surface area contributed by atoms with Gasteiger partial charge in [-0.3, -0.25) is 4.79 Å². The minimum Gasteiger partial charge on any atom is -0.487 e. The maximum atomic E-state index is 12.8. The quantitative estimate of drug-likeness (QED) is 0.474. The summed E-state index contributed by atoms with van der Waals surface area (Å²) in [6, 6.07) is 16.7. The van der Waals surface area contributed by atoms with E-state index in [0.29, 0.717) is 23.6 Å². The predicted octanol–water partition coefficient (Wildman–Crippen LogP) is 5.09. The van der Waals surface area contributed by atoms with Crippen LogP contribution in [0.3, 0.4) is 0 Å². The normalized spacial score (nSPS) is 10.8. The zero-order chi connectivity index (χ0) is 21.1. The standard InChI is InChI=1S/C23H22N4O2S/c1-15-12-16(2)27(26-15)22-7-5-4-6-21(22)25-23(28)18-8-10-20(11-9-18)29-13-19-14-30-17(3)24-19/h4-12,14H,13H2,1-3H3,(H,25,28). The zero-order valence-corrected chi connectivity index (χ0v) is 17.9. The third kappa shape index (κ3) is 4.41. The van der Waals surface area contributed by atoms with Crippen molar-refractivity contribution in [2.75, 3.05) is 5.32 Å². The highest BCUT2D eigenvalue weighted by molar-refractivity contribution is 7.09. The number of nitrogens with zero attached hydrogens (tertiary/aromatic N) is 3. The van der Waals surface area contributed by atoms with Gasteiger partial charge in [-0.25, -0.2) is 9.67 Å². The number of carbonyl (C=O) groups is 1. The van der Waals surface area contributed by atoms with Crippen LogP contribution in [0.25, 0.3) is 5.69 Å². The number of thiazole rings is 1. The monoisotopic (exact) mass is 418 g/mol. The third-order valence-electron chi connectivity index (χ3n) is 4.56. The molecule has 2 aromatic heterocycles. The van der Waals surface area contributed by atoms with Gasteiger partial charge in [-0.05, 0) is 63.2 Å². The van der Waals surface area contributed by atoms with E-state index in [-0.39, 0.29) is 5.91 Å². The van der Waals surface area contributed by atoms with E-state index >= 15 is 0 Å². The molecule has 0 fully saturated rings. The first kappa shape index (κ1) is 19.8. The average molecular weight is 419 g/mol. The molecule has 2 heterocycles. The minimum absolute atomic E-state index is 0.189. The lowest BCUT2D eigenvalue weighted by atomic mass is 10.2. The molecule has 0 spiro atoms. The number of anilines is 1. The van der Waals surface area contributed by atoms with Crippen molar-refractivity contribution < 1.29 is 9.53 Å². The Morgan fingerprint density at radius 1 is 1.10 bits per heavy atom. The zero-order valence-electron chi connectivity index (χ0n) is 17.0. The maximum Gasteiger partial charge on any atom is 0.255 e. The lowest BCUT2D eigenvalue weighted by Gasteiger charge is -2.13. The van der Waals surface area contributed by atoms with E-state index in [1.807, 2.05) is 61.2 Å². The minimum atomic E-state index is -0.189. The SMILES string of the molecule is Cc1cc(C)n(-c2ccccc2NC(=O)c2ccc(OCc3csc(C)n3)cc2)n1. The first-order chi connectivity index (χ1) is 14.5. The van der Waals surface area contributed by atoms with E-state index in [2.05, 4.69) is 15.4 Å². The van der Waals surface area contributed by atoms with Gasteiger partial charge in [0.2, 0.25) is 0 Å². The van der Waals surface area contributed by atoms with Crippen molar-refractivity contribution in [2.24, 2.45) is 0 Å². The van der Waals surface area contributed by atoms with Crippen LogP contribution in [0, 0.1) is 20.8 Å². The first-order valence-corrected chi connectivity index (χ1v) is 10.5. The largest absolute Gasteiger partial charge is 0.487 e. The van der Waals surface area contributed by atoms with Crippen LogP contribution >= 0.6 is 11.3 Å². The molecule has 0 radical (unpaired) electrons. The third-order valence-corrected chi connectivity index (χ3v) is 5.38. The van der Waals surface area contributed by atoms with Crippen LogP contribution in [-0.2, 0) is 6.61 Å². The van der Waals surface area contributed by atoms with Gasteiger partial charge in [0.05, 0.1) is 27.8 Å². The molecule has 0 atom stereocenters. The van der Waals surface area contributed by atoms with E-state index in [4.69, 9.17) is 4.74 Å². The average Bonchev–Trinajstić information content (AvgIpc) is 3.31. The van der Waals surface area contributed by atoms with Crippen molar-refractivity contribution in [1.29, 1.82) is 0 Å². The second-order valence-corrected chi connectivity index (χ2v) is 8.04. The first-order valence-electron chi connectivity index (χ1n) is 9.57.